The summed E-state index contributed by atoms with van der Waals surface area (Å²) in [5.41, 5.74) is 0.555. The third-order valence-electron chi connectivity index (χ3n) is 4.92. The molecule has 11 heteroatoms. The Morgan fingerprint density at radius 3 is 2.68 bits per heavy atom. The Bertz CT molecular complexity index is 1200. The van der Waals surface area contributed by atoms with Crippen LogP contribution in [0.5, 0.6) is 5.75 Å². The standard InChI is InChI=1S/C20H19FN4O5S/c1-29-17-7-3-2-5-15(17)19-23-24-20(30-19)22-18(26)16-6-4-12-25(16)31(27,28)14-10-8-13(21)9-11-14/h2-3,5,7-11,16H,4,6,12H2,1H3,(H,22,24,26)/t16-/m0/s1. The Balaban J connectivity index is 1.52. The van der Waals surface area contributed by atoms with Gasteiger partial charge in [-0.1, -0.05) is 17.2 Å². The first-order chi connectivity index (χ1) is 14.9. The average Bonchev–Trinajstić information content (AvgIpc) is 3.44. The van der Waals surface area contributed by atoms with Gasteiger partial charge in [0.1, 0.15) is 17.6 Å². The van der Waals surface area contributed by atoms with Crippen molar-refractivity contribution in [3.05, 3.63) is 54.3 Å². The summed E-state index contributed by atoms with van der Waals surface area (Å²) in [6, 6.07) is 10.4. The van der Waals surface area contributed by atoms with Crippen molar-refractivity contribution in [3.8, 4) is 17.2 Å². The Morgan fingerprint density at radius 2 is 1.94 bits per heavy atom. The number of amides is 1. The number of hydrogen-bond donors (Lipinski definition) is 1. The number of rotatable bonds is 6. The van der Waals surface area contributed by atoms with Crippen LogP contribution in [0.3, 0.4) is 0 Å². The molecule has 1 amide bonds. The van der Waals surface area contributed by atoms with Crippen LogP contribution in [0, 0.1) is 5.82 Å². The van der Waals surface area contributed by atoms with Gasteiger partial charge in [0.05, 0.1) is 17.6 Å². The molecule has 2 heterocycles. The molecule has 1 aromatic heterocycles. The van der Waals surface area contributed by atoms with E-state index in [-0.39, 0.29) is 23.3 Å². The van der Waals surface area contributed by atoms with Crippen LogP contribution in [0.25, 0.3) is 11.5 Å². The molecule has 31 heavy (non-hydrogen) atoms. The number of aromatic nitrogens is 2. The molecule has 4 rings (SSSR count). The van der Waals surface area contributed by atoms with Gasteiger partial charge >= 0.3 is 6.01 Å². The van der Waals surface area contributed by atoms with E-state index in [0.717, 1.165) is 16.4 Å². The summed E-state index contributed by atoms with van der Waals surface area (Å²) in [5.74, 6) is -0.457. The number of anilines is 1. The summed E-state index contributed by atoms with van der Waals surface area (Å²) in [5, 5.41) is 10.2. The van der Waals surface area contributed by atoms with Gasteiger partial charge in [0.15, 0.2) is 0 Å². The van der Waals surface area contributed by atoms with Gasteiger partial charge in [-0.05, 0) is 49.2 Å². The third kappa shape index (κ3) is 4.14. The second kappa shape index (κ2) is 8.44. The molecule has 3 aromatic rings. The van der Waals surface area contributed by atoms with Crippen LogP contribution in [0.15, 0.2) is 57.8 Å². The van der Waals surface area contributed by atoms with Crippen molar-refractivity contribution in [1.82, 2.24) is 14.5 Å². The quantitative estimate of drug-likeness (QED) is 0.619. The van der Waals surface area contributed by atoms with Crippen LogP contribution < -0.4 is 10.1 Å². The number of para-hydroxylation sites is 1. The Hall–Kier alpha value is -3.31. The summed E-state index contributed by atoms with van der Waals surface area (Å²) in [6.07, 6.45) is 0.842. The number of hydrogen-bond acceptors (Lipinski definition) is 7. The highest BCUT2D eigenvalue weighted by Gasteiger charge is 2.40. The number of methoxy groups -OCH3 is 1. The van der Waals surface area contributed by atoms with E-state index >= 15 is 0 Å². The number of sulfonamides is 1. The van der Waals surface area contributed by atoms with Gasteiger partial charge in [-0.25, -0.2) is 12.8 Å². The molecule has 1 saturated heterocycles. The van der Waals surface area contributed by atoms with Crippen LogP contribution >= 0.6 is 0 Å². The van der Waals surface area contributed by atoms with E-state index in [4.69, 9.17) is 9.15 Å². The highest BCUT2D eigenvalue weighted by molar-refractivity contribution is 7.89. The molecule has 1 aliphatic heterocycles. The number of nitrogens with zero attached hydrogens (tertiary/aromatic N) is 3. The second-order valence-corrected chi connectivity index (χ2v) is 8.72. The van der Waals surface area contributed by atoms with Crippen LogP contribution in [-0.2, 0) is 14.8 Å². The van der Waals surface area contributed by atoms with Crippen molar-refractivity contribution in [3.63, 3.8) is 0 Å². The smallest absolute Gasteiger partial charge is 0.322 e. The number of halogens is 1. The first kappa shape index (κ1) is 20.9. The third-order valence-corrected chi connectivity index (χ3v) is 6.84. The molecule has 1 fully saturated rings. The number of benzene rings is 2. The lowest BCUT2D eigenvalue weighted by Gasteiger charge is -2.22. The van der Waals surface area contributed by atoms with Crippen molar-refractivity contribution < 1.29 is 26.8 Å². The molecule has 0 unspecified atom stereocenters. The number of carbonyl (C=O) groups is 1. The van der Waals surface area contributed by atoms with Gasteiger partial charge in [-0.2, -0.15) is 4.31 Å². The molecule has 0 aliphatic carbocycles. The highest BCUT2D eigenvalue weighted by Crippen LogP contribution is 2.30. The molecular formula is C20H19FN4O5S. The van der Waals surface area contributed by atoms with Gasteiger partial charge in [0.2, 0.25) is 15.9 Å². The second-order valence-electron chi connectivity index (χ2n) is 6.83. The van der Waals surface area contributed by atoms with Gasteiger partial charge in [-0.3, -0.25) is 10.1 Å². The van der Waals surface area contributed by atoms with Crippen molar-refractivity contribution in [2.24, 2.45) is 0 Å². The van der Waals surface area contributed by atoms with Crippen LogP contribution in [-0.4, -0.2) is 48.5 Å². The number of carbonyl (C=O) groups excluding carboxylic acids is 1. The molecule has 1 atom stereocenters. The topological polar surface area (TPSA) is 115 Å². The van der Waals surface area contributed by atoms with Gasteiger partial charge < -0.3 is 9.15 Å². The lowest BCUT2D eigenvalue weighted by Crippen LogP contribution is -2.43. The molecule has 0 bridgehead atoms. The maximum atomic E-state index is 13.2. The van der Waals surface area contributed by atoms with Crippen molar-refractivity contribution in [1.29, 1.82) is 0 Å². The van der Waals surface area contributed by atoms with Crippen molar-refractivity contribution >= 4 is 21.9 Å². The molecule has 0 saturated carbocycles. The van der Waals surface area contributed by atoms with Gasteiger partial charge in [0.25, 0.3) is 5.89 Å². The lowest BCUT2D eigenvalue weighted by molar-refractivity contribution is -0.119. The van der Waals surface area contributed by atoms with E-state index < -0.39 is 27.8 Å². The average molecular weight is 446 g/mol. The normalized spacial score (nSPS) is 16.9. The minimum Gasteiger partial charge on any atom is -0.496 e. The van der Waals surface area contributed by atoms with Crippen LogP contribution in [0.2, 0.25) is 0 Å². The minimum absolute atomic E-state index is 0.0788. The Morgan fingerprint density at radius 1 is 1.19 bits per heavy atom. The number of ether oxygens (including phenoxy) is 1. The van der Waals surface area contributed by atoms with E-state index in [9.17, 15) is 17.6 Å². The molecule has 1 N–H and O–H groups in total. The lowest BCUT2D eigenvalue weighted by atomic mass is 10.2. The van der Waals surface area contributed by atoms with E-state index in [2.05, 4.69) is 15.5 Å². The minimum atomic E-state index is -3.97. The van der Waals surface area contributed by atoms with Crippen LogP contribution in [0.4, 0.5) is 10.4 Å². The molecule has 0 spiro atoms. The van der Waals surface area contributed by atoms with E-state index in [1.807, 2.05) is 0 Å². The summed E-state index contributed by atoms with van der Waals surface area (Å²) < 4.78 is 50.9. The maximum absolute atomic E-state index is 13.2. The molecule has 9 nitrogen and oxygen atoms in total. The van der Waals surface area contributed by atoms with E-state index in [0.29, 0.717) is 24.2 Å². The summed E-state index contributed by atoms with van der Waals surface area (Å²) in [7, 11) is -2.46. The molecule has 0 radical (unpaired) electrons. The zero-order valence-corrected chi connectivity index (χ0v) is 17.3. The Labute approximate surface area is 177 Å². The van der Waals surface area contributed by atoms with E-state index in [1.54, 1.807) is 24.3 Å². The SMILES string of the molecule is COc1ccccc1-c1nnc(NC(=O)[C@@H]2CCCN2S(=O)(=O)c2ccc(F)cc2)o1. The zero-order valence-electron chi connectivity index (χ0n) is 16.5. The van der Waals surface area contributed by atoms with Crippen molar-refractivity contribution in [2.45, 2.75) is 23.8 Å². The monoisotopic (exact) mass is 446 g/mol. The maximum Gasteiger partial charge on any atom is 0.322 e. The van der Waals surface area contributed by atoms with Gasteiger partial charge in [-0.15, -0.1) is 5.10 Å². The fraction of sp³-hybridized carbons (Fsp3) is 0.250. The molecule has 1 aliphatic rings. The van der Waals surface area contributed by atoms with Crippen molar-refractivity contribution in [2.75, 3.05) is 19.0 Å². The predicted octanol–water partition coefficient (Wildman–Crippen LogP) is 2.68. The molecular weight excluding hydrogens is 427 g/mol. The van der Waals surface area contributed by atoms with Gasteiger partial charge in [0, 0.05) is 6.54 Å². The predicted molar refractivity (Wildman–Crippen MR) is 108 cm³/mol. The summed E-state index contributed by atoms with van der Waals surface area (Å²) in [6.45, 7) is 0.175. The zero-order chi connectivity index (χ0) is 22.0. The fourth-order valence-electron chi connectivity index (χ4n) is 3.42. The first-order valence-corrected chi connectivity index (χ1v) is 10.9. The first-order valence-electron chi connectivity index (χ1n) is 9.45. The Kier molecular flexibility index (Phi) is 5.70. The summed E-state index contributed by atoms with van der Waals surface area (Å²) in [4.78, 5) is 12.7. The number of nitrogens with one attached hydrogen (secondary N) is 1. The fourth-order valence-corrected chi connectivity index (χ4v) is 5.08. The van der Waals surface area contributed by atoms with E-state index in [1.165, 1.54) is 19.2 Å². The highest BCUT2D eigenvalue weighted by atomic mass is 32.2. The molecule has 2 aromatic carbocycles. The van der Waals surface area contributed by atoms with Crippen LogP contribution in [0.1, 0.15) is 12.8 Å². The largest absolute Gasteiger partial charge is 0.496 e. The molecule has 162 valence electrons. The summed E-state index contributed by atoms with van der Waals surface area (Å²) >= 11 is 0.